The average Bonchev–Trinajstić information content (AvgIpc) is 2.82. The topological polar surface area (TPSA) is 62.5 Å². The fourth-order valence-electron chi connectivity index (χ4n) is 2.54. The molecule has 1 aromatic rings. The van der Waals surface area contributed by atoms with Gasteiger partial charge in [-0.05, 0) is 38.3 Å². The molecule has 0 amide bonds. The molecular formula is C13H19NO3. The van der Waals surface area contributed by atoms with Crippen molar-refractivity contribution in [1.82, 2.24) is 5.32 Å². The van der Waals surface area contributed by atoms with Gasteiger partial charge >= 0.3 is 5.97 Å². The molecule has 3 unspecified atom stereocenters. The third-order valence-corrected chi connectivity index (χ3v) is 3.48. The van der Waals surface area contributed by atoms with E-state index in [0.717, 1.165) is 31.4 Å². The normalized spacial score (nSPS) is 26.6. The smallest absolute Gasteiger partial charge is 0.306 e. The highest BCUT2D eigenvalue weighted by Gasteiger charge is 2.27. The van der Waals surface area contributed by atoms with Crippen LogP contribution in [0.1, 0.15) is 44.4 Å². The lowest BCUT2D eigenvalue weighted by atomic mass is 9.85. The van der Waals surface area contributed by atoms with Gasteiger partial charge < -0.3 is 14.8 Å². The largest absolute Gasteiger partial charge is 0.481 e. The second kappa shape index (κ2) is 5.36. The standard InChI is InChI=1S/C13H19NO3/c1-9(12-6-3-7-17-12)14-11-5-2-4-10(8-11)13(15)16/h3,6-7,9-11,14H,2,4-5,8H2,1H3,(H,15,16). The Morgan fingerprint density at radius 3 is 3.06 bits per heavy atom. The van der Waals surface area contributed by atoms with Crippen LogP contribution in [0.5, 0.6) is 0 Å². The second-order valence-corrected chi connectivity index (χ2v) is 4.80. The molecule has 4 nitrogen and oxygen atoms in total. The maximum atomic E-state index is 11.0. The van der Waals surface area contributed by atoms with Crippen molar-refractivity contribution in [2.75, 3.05) is 0 Å². The molecule has 1 aromatic heterocycles. The number of hydrogen-bond acceptors (Lipinski definition) is 3. The van der Waals surface area contributed by atoms with Crippen LogP contribution < -0.4 is 5.32 Å². The second-order valence-electron chi connectivity index (χ2n) is 4.80. The van der Waals surface area contributed by atoms with E-state index >= 15 is 0 Å². The molecule has 3 atom stereocenters. The molecule has 2 rings (SSSR count). The summed E-state index contributed by atoms with van der Waals surface area (Å²) in [6.07, 6.45) is 5.23. The lowest BCUT2D eigenvalue weighted by molar-refractivity contribution is -0.143. The van der Waals surface area contributed by atoms with Crippen LogP contribution in [-0.2, 0) is 4.79 Å². The van der Waals surface area contributed by atoms with Gasteiger partial charge in [-0.15, -0.1) is 0 Å². The predicted molar refractivity (Wildman–Crippen MR) is 63.6 cm³/mol. The highest BCUT2D eigenvalue weighted by Crippen LogP contribution is 2.26. The molecular weight excluding hydrogens is 218 g/mol. The van der Waals surface area contributed by atoms with Gasteiger partial charge in [0.15, 0.2) is 0 Å². The third kappa shape index (κ3) is 3.09. The fraction of sp³-hybridized carbons (Fsp3) is 0.615. The molecule has 0 bridgehead atoms. The molecule has 1 heterocycles. The van der Waals surface area contributed by atoms with E-state index in [-0.39, 0.29) is 18.0 Å². The molecule has 0 aliphatic heterocycles. The van der Waals surface area contributed by atoms with Crippen LogP contribution in [0.25, 0.3) is 0 Å². The van der Waals surface area contributed by atoms with Gasteiger partial charge in [0.25, 0.3) is 0 Å². The summed E-state index contributed by atoms with van der Waals surface area (Å²) in [4.78, 5) is 11.0. The molecule has 0 spiro atoms. The maximum absolute atomic E-state index is 11.0. The number of carboxylic acid groups (broad SMARTS) is 1. The van der Waals surface area contributed by atoms with Crippen LogP contribution in [0.3, 0.4) is 0 Å². The molecule has 0 aromatic carbocycles. The van der Waals surface area contributed by atoms with E-state index in [9.17, 15) is 4.79 Å². The van der Waals surface area contributed by atoms with Gasteiger partial charge in [0, 0.05) is 6.04 Å². The van der Waals surface area contributed by atoms with Gasteiger partial charge in [-0.25, -0.2) is 0 Å². The third-order valence-electron chi connectivity index (χ3n) is 3.48. The fourth-order valence-corrected chi connectivity index (χ4v) is 2.54. The quantitative estimate of drug-likeness (QED) is 0.844. The summed E-state index contributed by atoms with van der Waals surface area (Å²) in [6.45, 7) is 2.04. The minimum absolute atomic E-state index is 0.141. The Hall–Kier alpha value is -1.29. The zero-order chi connectivity index (χ0) is 12.3. The van der Waals surface area contributed by atoms with Crippen molar-refractivity contribution >= 4 is 5.97 Å². The van der Waals surface area contributed by atoms with E-state index < -0.39 is 5.97 Å². The average molecular weight is 237 g/mol. The van der Waals surface area contributed by atoms with Crippen molar-refractivity contribution < 1.29 is 14.3 Å². The molecule has 94 valence electrons. The molecule has 1 aliphatic rings. The van der Waals surface area contributed by atoms with Crippen molar-refractivity contribution in [2.24, 2.45) is 5.92 Å². The Balaban J connectivity index is 1.88. The highest BCUT2D eigenvalue weighted by atomic mass is 16.4. The molecule has 0 saturated heterocycles. The van der Waals surface area contributed by atoms with Gasteiger partial charge in [0.05, 0.1) is 18.2 Å². The number of rotatable bonds is 4. The minimum atomic E-state index is -0.665. The Morgan fingerprint density at radius 1 is 1.59 bits per heavy atom. The van der Waals surface area contributed by atoms with E-state index in [2.05, 4.69) is 5.32 Å². The Bertz CT molecular complexity index is 361. The zero-order valence-corrected chi connectivity index (χ0v) is 10.1. The van der Waals surface area contributed by atoms with Crippen molar-refractivity contribution in [1.29, 1.82) is 0 Å². The first-order chi connectivity index (χ1) is 8.16. The van der Waals surface area contributed by atoms with Crippen LogP contribution in [-0.4, -0.2) is 17.1 Å². The summed E-state index contributed by atoms with van der Waals surface area (Å²) in [6, 6.07) is 4.23. The number of hydrogen-bond donors (Lipinski definition) is 2. The van der Waals surface area contributed by atoms with Gasteiger partial charge in [-0.3, -0.25) is 4.79 Å². The van der Waals surface area contributed by atoms with Crippen LogP contribution in [0.15, 0.2) is 22.8 Å². The maximum Gasteiger partial charge on any atom is 0.306 e. The first-order valence-corrected chi connectivity index (χ1v) is 6.19. The Morgan fingerprint density at radius 2 is 2.41 bits per heavy atom. The van der Waals surface area contributed by atoms with Crippen LogP contribution >= 0.6 is 0 Å². The summed E-state index contributed by atoms with van der Waals surface area (Å²) in [5.41, 5.74) is 0. The van der Waals surface area contributed by atoms with Crippen LogP contribution in [0.2, 0.25) is 0 Å². The zero-order valence-electron chi connectivity index (χ0n) is 10.1. The summed E-state index contributed by atoms with van der Waals surface area (Å²) in [5.74, 6) is 0.0506. The highest BCUT2D eigenvalue weighted by molar-refractivity contribution is 5.70. The number of furan rings is 1. The molecule has 2 N–H and O–H groups in total. The van der Waals surface area contributed by atoms with Crippen molar-refractivity contribution in [3.63, 3.8) is 0 Å². The SMILES string of the molecule is CC(NC1CCCC(C(=O)O)C1)c1ccco1. The van der Waals surface area contributed by atoms with Crippen molar-refractivity contribution in [2.45, 2.75) is 44.7 Å². The van der Waals surface area contributed by atoms with Crippen molar-refractivity contribution in [3.05, 3.63) is 24.2 Å². The van der Waals surface area contributed by atoms with E-state index in [0.29, 0.717) is 0 Å². The molecule has 1 fully saturated rings. The minimum Gasteiger partial charge on any atom is -0.481 e. The molecule has 17 heavy (non-hydrogen) atoms. The van der Waals surface area contributed by atoms with Crippen LogP contribution in [0.4, 0.5) is 0 Å². The van der Waals surface area contributed by atoms with E-state index in [1.54, 1.807) is 6.26 Å². The Labute approximate surface area is 101 Å². The van der Waals surface area contributed by atoms with Crippen LogP contribution in [0, 0.1) is 5.92 Å². The molecule has 1 saturated carbocycles. The number of aliphatic carboxylic acids is 1. The number of carboxylic acids is 1. The predicted octanol–water partition coefficient (Wildman–Crippen LogP) is 2.57. The van der Waals surface area contributed by atoms with Gasteiger partial charge in [-0.1, -0.05) is 6.42 Å². The first kappa shape index (κ1) is 12.2. The summed E-state index contributed by atoms with van der Waals surface area (Å²) in [7, 11) is 0. The first-order valence-electron chi connectivity index (χ1n) is 6.19. The number of carbonyl (C=O) groups is 1. The summed E-state index contributed by atoms with van der Waals surface area (Å²) in [5, 5.41) is 12.5. The summed E-state index contributed by atoms with van der Waals surface area (Å²) >= 11 is 0. The number of nitrogens with one attached hydrogen (secondary N) is 1. The van der Waals surface area contributed by atoms with Gasteiger partial charge in [-0.2, -0.15) is 0 Å². The summed E-state index contributed by atoms with van der Waals surface area (Å²) < 4.78 is 5.33. The monoisotopic (exact) mass is 237 g/mol. The lowest BCUT2D eigenvalue weighted by Gasteiger charge is -2.29. The van der Waals surface area contributed by atoms with Gasteiger partial charge in [0.1, 0.15) is 5.76 Å². The molecule has 4 heteroatoms. The van der Waals surface area contributed by atoms with E-state index in [1.165, 1.54) is 0 Å². The Kier molecular flexibility index (Phi) is 3.84. The van der Waals surface area contributed by atoms with E-state index in [1.807, 2.05) is 19.1 Å². The lowest BCUT2D eigenvalue weighted by Crippen LogP contribution is -2.37. The molecule has 0 radical (unpaired) electrons. The molecule has 1 aliphatic carbocycles. The van der Waals surface area contributed by atoms with Crippen molar-refractivity contribution in [3.8, 4) is 0 Å². The van der Waals surface area contributed by atoms with Gasteiger partial charge in [0.2, 0.25) is 0 Å². The van der Waals surface area contributed by atoms with E-state index in [4.69, 9.17) is 9.52 Å².